The van der Waals surface area contributed by atoms with Crippen molar-refractivity contribution in [2.45, 2.75) is 70.3 Å². The van der Waals surface area contributed by atoms with Gasteiger partial charge in [-0.2, -0.15) is 0 Å². The molecule has 2 aliphatic rings. The quantitative estimate of drug-likeness (QED) is 0.777. The van der Waals surface area contributed by atoms with E-state index in [0.717, 1.165) is 0 Å². The van der Waals surface area contributed by atoms with Gasteiger partial charge in [0.05, 0.1) is 25.9 Å². The second kappa shape index (κ2) is 8.35. The maximum atomic E-state index is 10.0. The van der Waals surface area contributed by atoms with Crippen molar-refractivity contribution in [1.29, 1.82) is 0 Å². The molecule has 2 rings (SSSR count). The first-order valence-electron chi connectivity index (χ1n) is 8.52. The van der Waals surface area contributed by atoms with E-state index in [1.165, 1.54) is 64.2 Å². The standard InChI is InChI=1S/C17H32O3/c1-19-13-17(12-18,15-8-4-2-5-9-15)14-20-16-10-6-3-7-11-16/h15-16,18H,2-14H2,1H3. The summed E-state index contributed by atoms with van der Waals surface area (Å²) >= 11 is 0. The number of rotatable bonds is 7. The molecule has 0 bridgehead atoms. The van der Waals surface area contributed by atoms with Crippen molar-refractivity contribution in [3.05, 3.63) is 0 Å². The number of ether oxygens (including phenoxy) is 2. The molecule has 3 nitrogen and oxygen atoms in total. The molecule has 0 aliphatic heterocycles. The molecule has 0 spiro atoms. The SMILES string of the molecule is COCC(CO)(COC1CCCCC1)C1CCCCC1. The fraction of sp³-hybridized carbons (Fsp3) is 1.00. The molecule has 0 saturated heterocycles. The minimum Gasteiger partial charge on any atom is -0.396 e. The first-order chi connectivity index (χ1) is 9.80. The number of hydrogen-bond acceptors (Lipinski definition) is 3. The van der Waals surface area contributed by atoms with E-state index in [0.29, 0.717) is 25.2 Å². The van der Waals surface area contributed by atoms with Crippen LogP contribution in [0.4, 0.5) is 0 Å². The maximum Gasteiger partial charge on any atom is 0.0575 e. The van der Waals surface area contributed by atoms with Crippen LogP contribution >= 0.6 is 0 Å². The number of methoxy groups -OCH3 is 1. The summed E-state index contributed by atoms with van der Waals surface area (Å²) in [6, 6.07) is 0. The highest BCUT2D eigenvalue weighted by Gasteiger charge is 2.40. The average molecular weight is 284 g/mol. The lowest BCUT2D eigenvalue weighted by molar-refractivity contribution is -0.106. The fourth-order valence-electron chi connectivity index (χ4n) is 4.02. The van der Waals surface area contributed by atoms with Gasteiger partial charge in [0.2, 0.25) is 0 Å². The predicted octanol–water partition coefficient (Wildman–Crippen LogP) is 3.54. The van der Waals surface area contributed by atoms with E-state index in [1.807, 2.05) is 0 Å². The van der Waals surface area contributed by atoms with Crippen LogP contribution in [0.3, 0.4) is 0 Å². The van der Waals surface area contributed by atoms with E-state index in [1.54, 1.807) is 7.11 Å². The normalized spacial score (nSPS) is 25.5. The zero-order valence-corrected chi connectivity index (χ0v) is 13.1. The molecule has 1 atom stereocenters. The van der Waals surface area contributed by atoms with Crippen LogP contribution in [0.5, 0.6) is 0 Å². The monoisotopic (exact) mass is 284 g/mol. The summed E-state index contributed by atoms with van der Waals surface area (Å²) in [4.78, 5) is 0. The van der Waals surface area contributed by atoms with Gasteiger partial charge < -0.3 is 14.6 Å². The van der Waals surface area contributed by atoms with Gasteiger partial charge in [-0.25, -0.2) is 0 Å². The molecule has 0 aromatic heterocycles. The minimum absolute atomic E-state index is 0.174. The van der Waals surface area contributed by atoms with Gasteiger partial charge in [-0.3, -0.25) is 0 Å². The molecule has 118 valence electrons. The van der Waals surface area contributed by atoms with Gasteiger partial charge in [0.15, 0.2) is 0 Å². The number of aliphatic hydroxyl groups excluding tert-OH is 1. The third-order valence-electron chi connectivity index (χ3n) is 5.38. The molecule has 2 aliphatic carbocycles. The molecule has 2 saturated carbocycles. The molecular weight excluding hydrogens is 252 g/mol. The van der Waals surface area contributed by atoms with E-state index in [4.69, 9.17) is 9.47 Å². The van der Waals surface area contributed by atoms with Crippen LogP contribution in [0.15, 0.2) is 0 Å². The van der Waals surface area contributed by atoms with Crippen LogP contribution in [0.2, 0.25) is 0 Å². The largest absolute Gasteiger partial charge is 0.396 e. The molecule has 1 unspecified atom stereocenters. The molecule has 20 heavy (non-hydrogen) atoms. The lowest BCUT2D eigenvalue weighted by Gasteiger charge is -2.41. The third-order valence-corrected chi connectivity index (χ3v) is 5.38. The lowest BCUT2D eigenvalue weighted by atomic mass is 9.70. The smallest absolute Gasteiger partial charge is 0.0575 e. The van der Waals surface area contributed by atoms with E-state index in [-0.39, 0.29) is 12.0 Å². The number of aliphatic hydroxyl groups is 1. The lowest BCUT2D eigenvalue weighted by Crippen LogP contribution is -2.44. The topological polar surface area (TPSA) is 38.7 Å². The Morgan fingerprint density at radius 1 is 0.900 bits per heavy atom. The summed E-state index contributed by atoms with van der Waals surface area (Å²) in [6.45, 7) is 1.49. The summed E-state index contributed by atoms with van der Waals surface area (Å²) in [5, 5.41) is 10.0. The number of hydrogen-bond donors (Lipinski definition) is 1. The molecule has 0 radical (unpaired) electrons. The van der Waals surface area contributed by atoms with Crippen molar-refractivity contribution in [3.63, 3.8) is 0 Å². The van der Waals surface area contributed by atoms with E-state index < -0.39 is 0 Å². The van der Waals surface area contributed by atoms with E-state index in [2.05, 4.69) is 0 Å². The van der Waals surface area contributed by atoms with Crippen molar-refractivity contribution in [2.75, 3.05) is 26.9 Å². The molecular formula is C17H32O3. The predicted molar refractivity (Wildman–Crippen MR) is 80.8 cm³/mol. The van der Waals surface area contributed by atoms with Crippen molar-refractivity contribution in [2.24, 2.45) is 11.3 Å². The summed E-state index contributed by atoms with van der Waals surface area (Å²) in [5.74, 6) is 0.560. The van der Waals surface area contributed by atoms with Crippen LogP contribution in [0.1, 0.15) is 64.2 Å². The second-order valence-electron chi connectivity index (χ2n) is 6.86. The van der Waals surface area contributed by atoms with Gasteiger partial charge >= 0.3 is 0 Å². The van der Waals surface area contributed by atoms with Gasteiger partial charge in [0.25, 0.3) is 0 Å². The van der Waals surface area contributed by atoms with Gasteiger partial charge in [0, 0.05) is 12.5 Å². The highest BCUT2D eigenvalue weighted by atomic mass is 16.5. The van der Waals surface area contributed by atoms with Crippen LogP contribution in [-0.2, 0) is 9.47 Å². The molecule has 0 heterocycles. The van der Waals surface area contributed by atoms with Crippen molar-refractivity contribution < 1.29 is 14.6 Å². The Morgan fingerprint density at radius 2 is 1.50 bits per heavy atom. The highest BCUT2D eigenvalue weighted by molar-refractivity contribution is 4.88. The first kappa shape index (κ1) is 16.3. The molecule has 1 N–H and O–H groups in total. The Kier molecular flexibility index (Phi) is 6.79. The van der Waals surface area contributed by atoms with Crippen molar-refractivity contribution in [3.8, 4) is 0 Å². The second-order valence-corrected chi connectivity index (χ2v) is 6.86. The zero-order chi connectivity index (χ0) is 14.3. The summed E-state index contributed by atoms with van der Waals surface area (Å²) < 4.78 is 11.7. The van der Waals surface area contributed by atoms with Crippen molar-refractivity contribution >= 4 is 0 Å². The Hall–Kier alpha value is -0.120. The van der Waals surface area contributed by atoms with Crippen LogP contribution < -0.4 is 0 Å². The van der Waals surface area contributed by atoms with Crippen LogP contribution in [-0.4, -0.2) is 38.1 Å². The first-order valence-corrected chi connectivity index (χ1v) is 8.52. The molecule has 2 fully saturated rings. The summed E-state index contributed by atoms with van der Waals surface area (Å²) in [6.07, 6.45) is 13.1. The van der Waals surface area contributed by atoms with Crippen LogP contribution in [0, 0.1) is 11.3 Å². The van der Waals surface area contributed by atoms with Gasteiger partial charge in [0.1, 0.15) is 0 Å². The summed E-state index contributed by atoms with van der Waals surface area (Å²) in [5.41, 5.74) is -0.174. The van der Waals surface area contributed by atoms with Gasteiger partial charge in [-0.1, -0.05) is 38.5 Å². The molecule has 0 aromatic carbocycles. The Morgan fingerprint density at radius 3 is 2.05 bits per heavy atom. The average Bonchev–Trinajstić information content (AvgIpc) is 2.53. The molecule has 0 amide bonds. The fourth-order valence-corrected chi connectivity index (χ4v) is 4.02. The van der Waals surface area contributed by atoms with Gasteiger partial charge in [-0.05, 0) is 31.6 Å². The third kappa shape index (κ3) is 4.19. The molecule has 0 aromatic rings. The van der Waals surface area contributed by atoms with Crippen molar-refractivity contribution in [1.82, 2.24) is 0 Å². The van der Waals surface area contributed by atoms with Gasteiger partial charge in [-0.15, -0.1) is 0 Å². The van der Waals surface area contributed by atoms with E-state index >= 15 is 0 Å². The van der Waals surface area contributed by atoms with E-state index in [9.17, 15) is 5.11 Å². The summed E-state index contributed by atoms with van der Waals surface area (Å²) in [7, 11) is 1.74. The Balaban J connectivity index is 1.93. The minimum atomic E-state index is -0.174. The van der Waals surface area contributed by atoms with Crippen LogP contribution in [0.25, 0.3) is 0 Å². The molecule has 3 heteroatoms. The Bertz CT molecular complexity index is 257. The zero-order valence-electron chi connectivity index (χ0n) is 13.1. The highest BCUT2D eigenvalue weighted by Crippen LogP contribution is 2.39. The maximum absolute atomic E-state index is 10.0. The Labute approximate surface area is 124 Å².